The molecule has 0 radical (unpaired) electrons. The second-order valence-electron chi connectivity index (χ2n) is 8.35. The van der Waals surface area contributed by atoms with Crippen molar-refractivity contribution >= 4 is 29.1 Å². The van der Waals surface area contributed by atoms with Gasteiger partial charge in [-0.25, -0.2) is 18.6 Å². The van der Waals surface area contributed by atoms with Gasteiger partial charge >= 0.3 is 12.2 Å². The second kappa shape index (κ2) is 10.8. The first-order chi connectivity index (χ1) is 17.6. The van der Waals surface area contributed by atoms with E-state index in [9.17, 15) is 31.5 Å². The molecule has 3 amide bonds. The standard InChI is InChI=1S/C25H22F5N5O2/c26-18-11-16(12-19(27)14-18)23(36)35-8-2-7-34(9-10-35)22-6-5-21(15-31-22)33-24(37)32-20-4-1-3-17(13-20)25(28,29)30/h1,3-6,11-15H,2,7-10H2,(H2,32,33,37). The first kappa shape index (κ1) is 25.9. The average Bonchev–Trinajstić information content (AvgIpc) is 3.09. The summed E-state index contributed by atoms with van der Waals surface area (Å²) in [5.74, 6) is -1.50. The second-order valence-corrected chi connectivity index (χ2v) is 8.35. The van der Waals surface area contributed by atoms with Crippen LogP contribution < -0.4 is 15.5 Å². The maximum absolute atomic E-state index is 13.5. The van der Waals surface area contributed by atoms with E-state index < -0.39 is 35.3 Å². The van der Waals surface area contributed by atoms with Gasteiger partial charge in [-0.2, -0.15) is 13.2 Å². The van der Waals surface area contributed by atoms with Gasteiger partial charge in [-0.05, 0) is 48.9 Å². The zero-order valence-corrected chi connectivity index (χ0v) is 19.4. The van der Waals surface area contributed by atoms with Crippen molar-refractivity contribution < 1.29 is 31.5 Å². The predicted molar refractivity (Wildman–Crippen MR) is 127 cm³/mol. The van der Waals surface area contributed by atoms with E-state index >= 15 is 0 Å². The van der Waals surface area contributed by atoms with Gasteiger partial charge in [0, 0.05) is 43.5 Å². The Balaban J connectivity index is 1.33. The smallest absolute Gasteiger partial charge is 0.355 e. The third-order valence-corrected chi connectivity index (χ3v) is 5.67. The van der Waals surface area contributed by atoms with Crippen LogP contribution in [0.25, 0.3) is 0 Å². The summed E-state index contributed by atoms with van der Waals surface area (Å²) in [7, 11) is 0. The molecular weight excluding hydrogens is 497 g/mol. The summed E-state index contributed by atoms with van der Waals surface area (Å²) in [5.41, 5.74) is -0.616. The van der Waals surface area contributed by atoms with Gasteiger partial charge in [-0.1, -0.05) is 6.07 Å². The molecule has 0 aliphatic carbocycles. The van der Waals surface area contributed by atoms with E-state index in [0.29, 0.717) is 50.2 Å². The highest BCUT2D eigenvalue weighted by atomic mass is 19.4. The SMILES string of the molecule is O=C(Nc1ccc(N2CCCN(C(=O)c3cc(F)cc(F)c3)CC2)nc1)Nc1cccc(C(F)(F)F)c1. The zero-order chi connectivity index (χ0) is 26.6. The lowest BCUT2D eigenvalue weighted by Gasteiger charge is -2.23. The number of hydrogen-bond acceptors (Lipinski definition) is 4. The summed E-state index contributed by atoms with van der Waals surface area (Å²) in [5, 5.41) is 4.87. The van der Waals surface area contributed by atoms with Gasteiger partial charge in [0.2, 0.25) is 0 Å². The first-order valence-corrected chi connectivity index (χ1v) is 11.3. The highest BCUT2D eigenvalue weighted by molar-refractivity contribution is 5.99. The molecule has 2 N–H and O–H groups in total. The number of halogens is 5. The number of benzene rings is 2. The molecule has 4 rings (SSSR count). The monoisotopic (exact) mass is 519 g/mol. The number of aromatic nitrogens is 1. The van der Waals surface area contributed by atoms with Crippen molar-refractivity contribution in [2.75, 3.05) is 41.7 Å². The van der Waals surface area contributed by atoms with Crippen molar-refractivity contribution in [3.63, 3.8) is 0 Å². The van der Waals surface area contributed by atoms with Gasteiger partial charge in [0.1, 0.15) is 17.5 Å². The lowest BCUT2D eigenvalue weighted by molar-refractivity contribution is -0.137. The summed E-state index contributed by atoms with van der Waals surface area (Å²) in [4.78, 5) is 32.7. The van der Waals surface area contributed by atoms with Gasteiger partial charge in [0.25, 0.3) is 5.91 Å². The Morgan fingerprint density at radius 2 is 1.57 bits per heavy atom. The zero-order valence-electron chi connectivity index (χ0n) is 19.4. The van der Waals surface area contributed by atoms with Crippen LogP contribution in [0.15, 0.2) is 60.8 Å². The molecule has 2 aromatic carbocycles. The predicted octanol–water partition coefficient (Wildman–Crippen LogP) is 5.38. The fourth-order valence-corrected chi connectivity index (χ4v) is 3.92. The highest BCUT2D eigenvalue weighted by Crippen LogP contribution is 2.30. The van der Waals surface area contributed by atoms with Gasteiger partial charge in [-0.15, -0.1) is 0 Å². The Bertz CT molecular complexity index is 1260. The number of hydrogen-bond donors (Lipinski definition) is 2. The van der Waals surface area contributed by atoms with Crippen LogP contribution in [0.1, 0.15) is 22.3 Å². The fraction of sp³-hybridized carbons (Fsp3) is 0.240. The van der Waals surface area contributed by atoms with E-state index in [4.69, 9.17) is 0 Å². The molecular formula is C25H22F5N5O2. The number of pyridine rings is 1. The largest absolute Gasteiger partial charge is 0.416 e. The maximum Gasteiger partial charge on any atom is 0.416 e. The van der Waals surface area contributed by atoms with E-state index in [0.717, 1.165) is 24.3 Å². The molecule has 37 heavy (non-hydrogen) atoms. The number of urea groups is 1. The van der Waals surface area contributed by atoms with Gasteiger partial charge in [0.15, 0.2) is 0 Å². The lowest BCUT2D eigenvalue weighted by Crippen LogP contribution is -2.35. The Morgan fingerprint density at radius 1 is 0.838 bits per heavy atom. The fourth-order valence-electron chi connectivity index (χ4n) is 3.92. The first-order valence-electron chi connectivity index (χ1n) is 11.3. The number of alkyl halides is 3. The van der Waals surface area contributed by atoms with Gasteiger partial charge in [-0.3, -0.25) is 4.79 Å². The molecule has 0 atom stereocenters. The number of rotatable bonds is 4. The number of anilines is 3. The number of carbonyl (C=O) groups excluding carboxylic acids is 2. The van der Waals surface area contributed by atoms with Crippen LogP contribution in [-0.2, 0) is 6.18 Å². The minimum absolute atomic E-state index is 0.0125. The van der Waals surface area contributed by atoms with Crippen molar-refractivity contribution in [1.82, 2.24) is 9.88 Å². The van der Waals surface area contributed by atoms with Crippen LogP contribution in [-0.4, -0.2) is 48.0 Å². The molecule has 0 spiro atoms. The van der Waals surface area contributed by atoms with Crippen molar-refractivity contribution in [2.45, 2.75) is 12.6 Å². The van der Waals surface area contributed by atoms with E-state index in [2.05, 4.69) is 15.6 Å². The van der Waals surface area contributed by atoms with E-state index in [1.54, 1.807) is 12.1 Å². The van der Waals surface area contributed by atoms with E-state index in [-0.39, 0.29) is 11.3 Å². The van der Waals surface area contributed by atoms with Crippen molar-refractivity contribution in [2.24, 2.45) is 0 Å². The van der Waals surface area contributed by atoms with Crippen LogP contribution in [0.2, 0.25) is 0 Å². The lowest BCUT2D eigenvalue weighted by atomic mass is 10.2. The van der Waals surface area contributed by atoms with Gasteiger partial charge < -0.3 is 20.4 Å². The third-order valence-electron chi connectivity index (χ3n) is 5.67. The van der Waals surface area contributed by atoms with Crippen molar-refractivity contribution in [3.05, 3.63) is 83.6 Å². The quantitative estimate of drug-likeness (QED) is 0.454. The summed E-state index contributed by atoms with van der Waals surface area (Å²) >= 11 is 0. The number of nitrogens with zero attached hydrogens (tertiary/aromatic N) is 3. The molecule has 0 unspecified atom stereocenters. The maximum atomic E-state index is 13.5. The summed E-state index contributed by atoms with van der Waals surface area (Å²) in [6.07, 6.45) is -2.52. The minimum Gasteiger partial charge on any atom is -0.355 e. The van der Waals surface area contributed by atoms with Crippen LogP contribution >= 0.6 is 0 Å². The molecule has 2 heterocycles. The van der Waals surface area contributed by atoms with Crippen LogP contribution in [0.3, 0.4) is 0 Å². The van der Waals surface area contributed by atoms with E-state index in [1.165, 1.54) is 23.2 Å². The van der Waals surface area contributed by atoms with Crippen LogP contribution in [0, 0.1) is 11.6 Å². The molecule has 12 heteroatoms. The molecule has 1 aromatic heterocycles. The summed E-state index contributed by atoms with van der Waals surface area (Å²) < 4.78 is 65.5. The average molecular weight is 519 g/mol. The minimum atomic E-state index is -4.52. The number of carbonyl (C=O) groups is 2. The number of nitrogens with one attached hydrogen (secondary N) is 2. The summed E-state index contributed by atoms with van der Waals surface area (Å²) in [6, 6.07) is 9.53. The molecule has 1 fully saturated rings. The van der Waals surface area contributed by atoms with Gasteiger partial charge in [0.05, 0.1) is 17.4 Å². The van der Waals surface area contributed by atoms with E-state index in [1.807, 2.05) is 4.90 Å². The number of amides is 3. The molecule has 194 valence electrons. The third kappa shape index (κ3) is 6.72. The van der Waals surface area contributed by atoms with Crippen LogP contribution in [0.5, 0.6) is 0 Å². The molecule has 0 saturated carbocycles. The summed E-state index contributed by atoms with van der Waals surface area (Å²) in [6.45, 7) is 1.73. The Morgan fingerprint density at radius 3 is 2.24 bits per heavy atom. The normalized spacial score (nSPS) is 14.2. The molecule has 1 aliphatic rings. The molecule has 1 aliphatic heterocycles. The topological polar surface area (TPSA) is 77.6 Å². The van der Waals surface area contributed by atoms with Crippen molar-refractivity contribution in [3.8, 4) is 0 Å². The molecule has 1 saturated heterocycles. The Hall–Kier alpha value is -4.22. The Kier molecular flexibility index (Phi) is 7.55. The molecule has 7 nitrogen and oxygen atoms in total. The van der Waals surface area contributed by atoms with Crippen LogP contribution in [0.4, 0.5) is 43.9 Å². The van der Waals surface area contributed by atoms with Crippen molar-refractivity contribution in [1.29, 1.82) is 0 Å². The molecule has 0 bridgehead atoms. The highest BCUT2D eigenvalue weighted by Gasteiger charge is 2.30. The Labute approximate surface area is 208 Å². The molecule has 3 aromatic rings.